The van der Waals surface area contributed by atoms with Crippen LogP contribution in [-0.4, -0.2) is 34.0 Å². The highest BCUT2D eigenvalue weighted by atomic mass is 19.3. The molecule has 22 heavy (non-hydrogen) atoms. The Morgan fingerprint density at radius 2 is 1.77 bits per heavy atom. The van der Waals surface area contributed by atoms with Gasteiger partial charge >= 0.3 is 7.12 Å². The summed E-state index contributed by atoms with van der Waals surface area (Å²) < 4.78 is 40.8. The third kappa shape index (κ3) is 2.48. The first-order valence-corrected chi connectivity index (χ1v) is 7.72. The number of halogens is 2. The van der Waals surface area contributed by atoms with Gasteiger partial charge in [0, 0.05) is 17.9 Å². The zero-order valence-corrected chi connectivity index (χ0v) is 13.8. The molecule has 1 aliphatic carbocycles. The lowest BCUT2D eigenvalue weighted by Crippen LogP contribution is -2.41. The van der Waals surface area contributed by atoms with Gasteiger partial charge < -0.3 is 9.31 Å². The standard InChI is InChI=1S/C15H23BF2N2O2/c1-12(2)13(3,4)22-16(21-12)11-8-19-20(9-11)10-15(6-7-15)14(5,17)18/h8-9H,6-7,10H2,1-5H3. The van der Waals surface area contributed by atoms with Crippen LogP contribution in [0, 0.1) is 5.41 Å². The molecule has 0 N–H and O–H groups in total. The molecule has 1 aromatic heterocycles. The van der Waals surface area contributed by atoms with Gasteiger partial charge in [0.15, 0.2) is 0 Å². The van der Waals surface area contributed by atoms with E-state index in [1.807, 2.05) is 27.7 Å². The summed E-state index contributed by atoms with van der Waals surface area (Å²) >= 11 is 0. The lowest BCUT2D eigenvalue weighted by Gasteiger charge is -2.32. The van der Waals surface area contributed by atoms with E-state index in [1.165, 1.54) is 0 Å². The number of nitrogens with zero attached hydrogens (tertiary/aromatic N) is 2. The quantitative estimate of drug-likeness (QED) is 0.802. The van der Waals surface area contributed by atoms with E-state index in [9.17, 15) is 8.78 Å². The van der Waals surface area contributed by atoms with E-state index in [0.717, 1.165) is 12.4 Å². The lowest BCUT2D eigenvalue weighted by atomic mass is 9.82. The van der Waals surface area contributed by atoms with Crippen LogP contribution in [0.25, 0.3) is 0 Å². The van der Waals surface area contributed by atoms with Gasteiger partial charge in [-0.25, -0.2) is 8.78 Å². The zero-order chi connectivity index (χ0) is 16.4. The highest BCUT2D eigenvalue weighted by Crippen LogP contribution is 2.57. The summed E-state index contributed by atoms with van der Waals surface area (Å²) in [4.78, 5) is 0. The highest BCUT2D eigenvalue weighted by Gasteiger charge is 2.59. The molecular weight excluding hydrogens is 289 g/mol. The minimum absolute atomic E-state index is 0.232. The zero-order valence-electron chi connectivity index (χ0n) is 13.8. The molecule has 2 aliphatic rings. The number of hydrogen-bond acceptors (Lipinski definition) is 3. The Balaban J connectivity index is 1.73. The maximum atomic E-state index is 13.7. The van der Waals surface area contributed by atoms with Crippen LogP contribution in [0.5, 0.6) is 0 Å². The van der Waals surface area contributed by atoms with Crippen LogP contribution in [0.15, 0.2) is 12.4 Å². The van der Waals surface area contributed by atoms with Crippen molar-refractivity contribution in [3.63, 3.8) is 0 Å². The van der Waals surface area contributed by atoms with Gasteiger partial charge in [-0.2, -0.15) is 5.10 Å². The second-order valence-electron chi connectivity index (χ2n) is 7.73. The van der Waals surface area contributed by atoms with Gasteiger partial charge in [-0.3, -0.25) is 4.68 Å². The first-order valence-electron chi connectivity index (χ1n) is 7.72. The Labute approximate surface area is 130 Å². The Hall–Kier alpha value is -0.945. The summed E-state index contributed by atoms with van der Waals surface area (Å²) in [5.74, 6) is -2.68. The predicted molar refractivity (Wildman–Crippen MR) is 80.2 cm³/mol. The van der Waals surface area contributed by atoms with Gasteiger partial charge in [-0.15, -0.1) is 0 Å². The summed E-state index contributed by atoms with van der Waals surface area (Å²) in [6.45, 7) is 9.15. The van der Waals surface area contributed by atoms with E-state index in [0.29, 0.717) is 12.8 Å². The van der Waals surface area contributed by atoms with Gasteiger partial charge in [0.05, 0.1) is 23.2 Å². The van der Waals surface area contributed by atoms with Crippen molar-refractivity contribution in [2.75, 3.05) is 0 Å². The molecule has 0 aromatic carbocycles. The molecule has 1 saturated carbocycles. The third-order valence-corrected chi connectivity index (χ3v) is 5.43. The summed E-state index contributed by atoms with van der Waals surface area (Å²) in [5, 5.41) is 4.22. The molecule has 0 radical (unpaired) electrons. The second kappa shape index (κ2) is 4.54. The third-order valence-electron chi connectivity index (χ3n) is 5.43. The van der Waals surface area contributed by atoms with Crippen LogP contribution in [0.3, 0.4) is 0 Å². The van der Waals surface area contributed by atoms with E-state index in [4.69, 9.17) is 9.31 Å². The van der Waals surface area contributed by atoms with E-state index in [2.05, 4.69) is 5.10 Å². The fraction of sp³-hybridized carbons (Fsp3) is 0.800. The number of alkyl halides is 2. The van der Waals surface area contributed by atoms with E-state index >= 15 is 0 Å². The molecule has 1 aliphatic heterocycles. The minimum Gasteiger partial charge on any atom is -0.399 e. The van der Waals surface area contributed by atoms with Crippen molar-refractivity contribution < 1.29 is 18.1 Å². The molecule has 0 bridgehead atoms. The molecule has 0 atom stereocenters. The molecule has 0 amide bonds. The smallest absolute Gasteiger partial charge is 0.399 e. The van der Waals surface area contributed by atoms with Crippen molar-refractivity contribution in [3.8, 4) is 0 Å². The first-order chi connectivity index (χ1) is 9.96. The molecular formula is C15H23BF2N2O2. The fourth-order valence-corrected chi connectivity index (χ4v) is 2.76. The van der Waals surface area contributed by atoms with Crippen molar-refractivity contribution in [1.82, 2.24) is 9.78 Å². The average molecular weight is 312 g/mol. The molecule has 7 heteroatoms. The minimum atomic E-state index is -2.68. The van der Waals surface area contributed by atoms with Gasteiger partial charge in [0.2, 0.25) is 0 Å². The molecule has 0 unspecified atom stereocenters. The number of rotatable bonds is 4. The summed E-state index contributed by atoms with van der Waals surface area (Å²) in [6, 6.07) is 0. The molecule has 2 fully saturated rings. The van der Waals surface area contributed by atoms with Gasteiger partial charge in [0.1, 0.15) is 0 Å². The van der Waals surface area contributed by atoms with Crippen LogP contribution < -0.4 is 5.46 Å². The molecule has 3 rings (SSSR count). The van der Waals surface area contributed by atoms with Crippen molar-refractivity contribution in [2.45, 2.75) is 71.1 Å². The molecule has 4 nitrogen and oxygen atoms in total. The molecule has 2 heterocycles. The largest absolute Gasteiger partial charge is 0.498 e. The summed E-state index contributed by atoms with van der Waals surface area (Å²) in [5.41, 5.74) is -1.01. The van der Waals surface area contributed by atoms with E-state index in [-0.39, 0.29) is 6.54 Å². The van der Waals surface area contributed by atoms with E-state index in [1.54, 1.807) is 17.1 Å². The van der Waals surface area contributed by atoms with Gasteiger partial charge in [-0.1, -0.05) is 0 Å². The van der Waals surface area contributed by atoms with Crippen LogP contribution >= 0.6 is 0 Å². The predicted octanol–water partition coefficient (Wildman–Crippen LogP) is 2.62. The topological polar surface area (TPSA) is 36.3 Å². The van der Waals surface area contributed by atoms with Crippen LogP contribution in [0.4, 0.5) is 8.78 Å². The highest BCUT2D eigenvalue weighted by molar-refractivity contribution is 6.61. The fourth-order valence-electron chi connectivity index (χ4n) is 2.76. The Morgan fingerprint density at radius 3 is 2.23 bits per heavy atom. The van der Waals surface area contributed by atoms with Crippen molar-refractivity contribution in [1.29, 1.82) is 0 Å². The number of aromatic nitrogens is 2. The second-order valence-corrected chi connectivity index (χ2v) is 7.73. The van der Waals surface area contributed by atoms with Crippen molar-refractivity contribution in [3.05, 3.63) is 12.4 Å². The monoisotopic (exact) mass is 312 g/mol. The Bertz CT molecular complexity index is 560. The molecule has 1 saturated heterocycles. The van der Waals surface area contributed by atoms with Crippen LogP contribution in [0.2, 0.25) is 0 Å². The first kappa shape index (κ1) is 15.9. The van der Waals surface area contributed by atoms with Gasteiger partial charge in [-0.05, 0) is 47.5 Å². The van der Waals surface area contributed by atoms with Crippen molar-refractivity contribution in [2.24, 2.45) is 5.41 Å². The van der Waals surface area contributed by atoms with E-state index < -0.39 is 29.7 Å². The maximum Gasteiger partial charge on any atom is 0.498 e. The SMILES string of the molecule is CC(F)(F)C1(Cn2cc(B3OC(C)(C)C(C)(C)O3)cn2)CC1. The maximum absolute atomic E-state index is 13.7. The molecule has 0 spiro atoms. The summed E-state index contributed by atoms with van der Waals surface area (Å²) in [7, 11) is -0.504. The normalized spacial score (nSPS) is 25.5. The van der Waals surface area contributed by atoms with Crippen LogP contribution in [0.1, 0.15) is 47.5 Å². The lowest BCUT2D eigenvalue weighted by molar-refractivity contribution is -0.0626. The van der Waals surface area contributed by atoms with Crippen molar-refractivity contribution >= 4 is 12.6 Å². The molecule has 1 aromatic rings. The Kier molecular flexibility index (Phi) is 3.29. The van der Waals surface area contributed by atoms with Crippen LogP contribution in [-0.2, 0) is 15.9 Å². The Morgan fingerprint density at radius 1 is 1.23 bits per heavy atom. The average Bonchev–Trinajstić information content (AvgIpc) is 2.91. The van der Waals surface area contributed by atoms with Gasteiger partial charge in [0.25, 0.3) is 5.92 Å². The summed E-state index contributed by atoms with van der Waals surface area (Å²) in [6.07, 6.45) is 4.49. The molecule has 122 valence electrons. The number of hydrogen-bond donors (Lipinski definition) is 0.